The van der Waals surface area contributed by atoms with Gasteiger partial charge < -0.3 is 9.47 Å². The summed E-state index contributed by atoms with van der Waals surface area (Å²) in [4.78, 5) is 4.17. The van der Waals surface area contributed by atoms with Crippen molar-refractivity contribution in [3.05, 3.63) is 288 Å². The van der Waals surface area contributed by atoms with Crippen LogP contribution in [0.3, 0.4) is 0 Å². The predicted octanol–water partition coefficient (Wildman–Crippen LogP) is 12.9. The molecular weight excluding hydrogens is 838 g/mol. The molecule has 0 saturated carbocycles. The van der Waals surface area contributed by atoms with Gasteiger partial charge in [-0.3, -0.25) is 0 Å². The van der Waals surface area contributed by atoms with Crippen molar-refractivity contribution in [2.45, 2.75) is 38.1 Å². The van der Waals surface area contributed by atoms with Crippen molar-refractivity contribution in [3.8, 4) is 0 Å². The Hall–Kier alpha value is -7.72. The Kier molecular flexibility index (Phi) is 13.5. The van der Waals surface area contributed by atoms with Crippen molar-refractivity contribution in [1.29, 1.82) is 0 Å². The molecule has 2 aliphatic carbocycles. The summed E-state index contributed by atoms with van der Waals surface area (Å²) in [6.45, 7) is 4.55. The van der Waals surface area contributed by atoms with E-state index in [9.17, 15) is 0 Å². The number of fused-ring (bicyclic) bond motifs is 7. The molecule has 0 radical (unpaired) electrons. The van der Waals surface area contributed by atoms with Crippen LogP contribution in [-0.2, 0) is 9.47 Å². The van der Waals surface area contributed by atoms with Crippen LogP contribution < -0.4 is 21.9 Å². The lowest BCUT2D eigenvalue weighted by molar-refractivity contribution is -0.290. The van der Waals surface area contributed by atoms with E-state index in [1.807, 2.05) is 50.5 Å². The summed E-state index contributed by atoms with van der Waals surface area (Å²) < 4.78 is 12.1. The molecule has 2 heterocycles. The molecule has 3 atom stereocenters. The zero-order valence-electron chi connectivity index (χ0n) is 39.3. The summed E-state index contributed by atoms with van der Waals surface area (Å²) in [5, 5.41) is 2.67. The predicted molar refractivity (Wildman–Crippen MR) is 291 cm³/mol. The summed E-state index contributed by atoms with van der Waals surface area (Å²) in [5.74, 6) is -0.117. The van der Waals surface area contributed by atoms with E-state index in [1.165, 1.54) is 66.0 Å². The molecule has 4 aliphatic rings. The number of hydrogen-bond acceptors (Lipinski definition) is 3. The van der Waals surface area contributed by atoms with E-state index >= 15 is 0 Å². The lowest BCUT2D eigenvalue weighted by atomic mass is 9.13. The maximum Gasteiger partial charge on any atom is 0.177 e. The van der Waals surface area contributed by atoms with Gasteiger partial charge in [-0.2, -0.15) is 21.9 Å². The average Bonchev–Trinajstić information content (AvgIpc) is 3.81. The highest BCUT2D eigenvalue weighted by Gasteiger charge is 2.42. The minimum Gasteiger partial charge on any atom is -0.350 e. The Bertz CT molecular complexity index is 3030. The fraction of sp³-hybridized carbons (Fsp3) is 0.123. The van der Waals surface area contributed by atoms with Gasteiger partial charge in [0.1, 0.15) is 18.8 Å². The molecule has 1 saturated heterocycles. The van der Waals surface area contributed by atoms with Gasteiger partial charge in [-0.15, -0.1) is 0 Å². The van der Waals surface area contributed by atoms with Crippen molar-refractivity contribution >= 4 is 57.1 Å². The number of aliphatic imine (C=N–C) groups is 1. The summed E-state index contributed by atoms with van der Waals surface area (Å²) in [7, 11) is 0. The number of rotatable bonds is 6. The van der Waals surface area contributed by atoms with Gasteiger partial charge in [0.25, 0.3) is 0 Å². The van der Waals surface area contributed by atoms with Crippen molar-refractivity contribution in [2.24, 2.45) is 10.9 Å². The topological polar surface area (TPSA) is 30.8 Å². The maximum absolute atomic E-state index is 6.21. The highest BCUT2D eigenvalue weighted by Crippen LogP contribution is 2.45. The Morgan fingerprint density at radius 2 is 1.12 bits per heavy atom. The summed E-state index contributed by atoms with van der Waals surface area (Å²) in [5.41, 5.74) is 14.5. The van der Waals surface area contributed by atoms with E-state index in [0.717, 1.165) is 12.0 Å². The molecule has 2 aliphatic heterocycles. The van der Waals surface area contributed by atoms with E-state index < -0.39 is 11.9 Å². The van der Waals surface area contributed by atoms with Gasteiger partial charge in [-0.25, -0.2) is 4.99 Å². The first kappa shape index (κ1) is 45.1. The number of benzene rings is 8. The minimum atomic E-state index is -1.22. The van der Waals surface area contributed by atoms with Crippen molar-refractivity contribution in [3.63, 3.8) is 0 Å². The standard InChI is InChI=1S/C24H20B.C23H16.C18H20NO2/c1-5-13-21(14-6-1)25(22-15-7-2-8-16-22,23-17-9-3-10-18-23)24-19-11-4-12-20-24;1-3-10-20-16(6-1)12-14-18-8-5-9-19-15-13-17-7-2-4-11-21(17)23(19)22(18)20;1-18(2)20-13-16(14-9-6-11-19-12-10-14)17(21-18)15-7-4-3-5-8-15/h1-20H;1-15,22H;3-5,7-8,10-12,16-17H,6,13H2,1-2H3/q-1;;+1/t;22-;16-,17-/m.00/s1. The van der Waals surface area contributed by atoms with E-state index in [4.69, 9.17) is 9.47 Å². The maximum atomic E-state index is 6.21. The van der Waals surface area contributed by atoms with Crippen LogP contribution in [0.25, 0.3) is 22.9 Å². The van der Waals surface area contributed by atoms with Crippen molar-refractivity contribution in [1.82, 2.24) is 0 Å². The third-order valence-electron chi connectivity index (χ3n) is 13.9. The van der Waals surface area contributed by atoms with Crippen LogP contribution in [-0.4, -0.2) is 24.8 Å². The van der Waals surface area contributed by atoms with Gasteiger partial charge in [0.05, 0.1) is 30.8 Å². The van der Waals surface area contributed by atoms with E-state index in [-0.39, 0.29) is 12.0 Å². The zero-order chi connectivity index (χ0) is 46.9. The van der Waals surface area contributed by atoms with Gasteiger partial charge in [-0.05, 0) is 58.0 Å². The third-order valence-corrected chi connectivity index (χ3v) is 13.9. The first-order chi connectivity index (χ1) is 34.0. The zero-order valence-corrected chi connectivity index (χ0v) is 39.3. The van der Waals surface area contributed by atoms with E-state index in [0.29, 0.717) is 12.5 Å². The smallest absolute Gasteiger partial charge is 0.177 e. The Morgan fingerprint density at radius 1 is 0.551 bits per heavy atom. The lowest BCUT2D eigenvalue weighted by Crippen LogP contribution is -2.74. The van der Waals surface area contributed by atoms with Crippen LogP contribution in [0.5, 0.6) is 0 Å². The molecule has 0 N–H and O–H groups in total. The largest absolute Gasteiger partial charge is 0.350 e. The van der Waals surface area contributed by atoms with Crippen LogP contribution >= 0.6 is 0 Å². The molecule has 8 aromatic carbocycles. The highest BCUT2D eigenvalue weighted by molar-refractivity contribution is 7.19. The van der Waals surface area contributed by atoms with Crippen LogP contribution in [0, 0.1) is 12.0 Å². The van der Waals surface area contributed by atoms with Gasteiger partial charge in [-0.1, -0.05) is 243 Å². The molecule has 3 nitrogen and oxygen atoms in total. The summed E-state index contributed by atoms with van der Waals surface area (Å²) in [6, 6.07) is 75.8. The molecule has 336 valence electrons. The second-order valence-electron chi connectivity index (χ2n) is 18.5. The van der Waals surface area contributed by atoms with Crippen LogP contribution in [0.1, 0.15) is 60.1 Å². The molecule has 1 fully saturated rings. The van der Waals surface area contributed by atoms with Gasteiger partial charge in [0.15, 0.2) is 11.4 Å². The molecular formula is C65H56BNO2. The Morgan fingerprint density at radius 3 is 1.75 bits per heavy atom. The molecule has 0 spiro atoms. The molecule has 0 amide bonds. The monoisotopic (exact) mass is 893 g/mol. The Labute approximate surface area is 408 Å². The van der Waals surface area contributed by atoms with Gasteiger partial charge in [0, 0.05) is 12.1 Å². The van der Waals surface area contributed by atoms with Crippen molar-refractivity contribution in [2.75, 3.05) is 6.61 Å². The molecule has 0 unspecified atom stereocenters. The fourth-order valence-electron chi connectivity index (χ4n) is 10.7. The Balaban J connectivity index is 0.000000121. The van der Waals surface area contributed by atoms with Crippen LogP contribution in [0.4, 0.5) is 0 Å². The number of allylic oxidation sites excluding steroid dienone is 6. The third kappa shape index (κ3) is 9.57. The molecule has 12 rings (SSSR count). The summed E-state index contributed by atoms with van der Waals surface area (Å²) >= 11 is 0. The second-order valence-corrected chi connectivity index (χ2v) is 18.5. The summed E-state index contributed by atoms with van der Waals surface area (Å²) in [6.07, 6.45) is 19.8. The number of nitrogens with zero attached hydrogens (tertiary/aromatic N) is 1. The average molecular weight is 894 g/mol. The quantitative estimate of drug-likeness (QED) is 0.123. The molecule has 4 heteroatoms. The van der Waals surface area contributed by atoms with E-state index in [2.05, 4.69) is 236 Å². The molecule has 0 bridgehead atoms. The lowest BCUT2D eigenvalue weighted by Gasteiger charge is -2.44. The first-order valence-corrected chi connectivity index (χ1v) is 24.2. The molecule has 0 aromatic heterocycles. The fourth-order valence-corrected chi connectivity index (χ4v) is 10.7. The number of ether oxygens (including phenoxy) is 2. The molecule has 69 heavy (non-hydrogen) atoms. The van der Waals surface area contributed by atoms with Gasteiger partial charge >= 0.3 is 0 Å². The first-order valence-electron chi connectivity index (χ1n) is 24.2. The normalized spacial score (nSPS) is 18.4. The SMILES string of the molecule is C1=Cc2ccc3ccccc3c2[C@H]2C(=C1)C=Cc1ccccc12.CC1(C)OC[C@@H](C2=[C+]CC=NC=C2)[C@H](c2ccccc2)O1.c1ccc([B-](c2ccccc2)(c2ccccc2)c2ccccc2)cc1. The van der Waals surface area contributed by atoms with Crippen LogP contribution in [0.2, 0.25) is 0 Å². The second kappa shape index (κ2) is 20.7. The molecule has 8 aromatic rings. The highest BCUT2D eigenvalue weighted by atomic mass is 16.7. The minimum absolute atomic E-state index is 0.0276. The van der Waals surface area contributed by atoms with Crippen LogP contribution in [0.15, 0.2) is 259 Å². The number of hydrogen-bond donors (Lipinski definition) is 0. The van der Waals surface area contributed by atoms with Gasteiger partial charge in [0.2, 0.25) is 0 Å². The van der Waals surface area contributed by atoms with E-state index in [1.54, 1.807) is 0 Å². The van der Waals surface area contributed by atoms with Crippen molar-refractivity contribution < 1.29 is 9.47 Å².